The molecule has 0 amide bonds. The summed E-state index contributed by atoms with van der Waals surface area (Å²) < 4.78 is 5.30. The first-order valence-electron chi connectivity index (χ1n) is 8.72. The summed E-state index contributed by atoms with van der Waals surface area (Å²) in [4.78, 5) is 15.9. The van der Waals surface area contributed by atoms with Gasteiger partial charge < -0.3 is 9.72 Å². The minimum absolute atomic E-state index is 0.332. The van der Waals surface area contributed by atoms with Gasteiger partial charge in [0.05, 0.1) is 12.1 Å². The average Bonchev–Trinajstić information content (AvgIpc) is 3.09. The van der Waals surface area contributed by atoms with Crippen molar-refractivity contribution in [3.8, 4) is 22.3 Å². The summed E-state index contributed by atoms with van der Waals surface area (Å²) in [7, 11) is 0. The Morgan fingerprint density at radius 2 is 1.50 bits per heavy atom. The van der Waals surface area contributed by atoms with E-state index in [0.29, 0.717) is 12.3 Å². The number of fused-ring (bicyclic) bond motifs is 1. The van der Waals surface area contributed by atoms with Crippen molar-refractivity contribution in [3.05, 3.63) is 84.6 Å². The standard InChI is InChI=1S/C23H19NO2/c1-2-26-23(25)22-20(17-12-7-4-8-13-17)19-15-9-14-18(21(19)24-22)16-10-5-3-6-11-16/h3-15,24H,2H2,1H3. The van der Waals surface area contributed by atoms with Crippen molar-refractivity contribution < 1.29 is 9.53 Å². The van der Waals surface area contributed by atoms with Gasteiger partial charge in [-0.15, -0.1) is 0 Å². The number of aromatic amines is 1. The van der Waals surface area contributed by atoms with E-state index >= 15 is 0 Å². The number of aromatic nitrogens is 1. The fourth-order valence-corrected chi connectivity index (χ4v) is 3.34. The molecule has 0 aliphatic heterocycles. The van der Waals surface area contributed by atoms with Gasteiger partial charge in [0, 0.05) is 16.5 Å². The van der Waals surface area contributed by atoms with Crippen molar-refractivity contribution >= 4 is 16.9 Å². The Labute approximate surface area is 152 Å². The zero-order valence-corrected chi connectivity index (χ0v) is 14.5. The molecule has 0 spiro atoms. The number of ether oxygens (including phenoxy) is 1. The van der Waals surface area contributed by atoms with Crippen LogP contribution in [0.25, 0.3) is 33.2 Å². The molecule has 0 aliphatic carbocycles. The zero-order valence-electron chi connectivity index (χ0n) is 14.5. The van der Waals surface area contributed by atoms with E-state index in [2.05, 4.69) is 23.2 Å². The summed E-state index contributed by atoms with van der Waals surface area (Å²) in [6.45, 7) is 2.16. The number of para-hydroxylation sites is 1. The predicted molar refractivity (Wildman–Crippen MR) is 105 cm³/mol. The van der Waals surface area contributed by atoms with Gasteiger partial charge in [-0.1, -0.05) is 78.9 Å². The number of rotatable bonds is 4. The van der Waals surface area contributed by atoms with Crippen molar-refractivity contribution in [2.75, 3.05) is 6.61 Å². The van der Waals surface area contributed by atoms with Gasteiger partial charge in [-0.2, -0.15) is 0 Å². The Bertz CT molecular complexity index is 1050. The molecule has 0 saturated carbocycles. The number of hydrogen-bond acceptors (Lipinski definition) is 2. The second kappa shape index (κ2) is 6.89. The minimum Gasteiger partial charge on any atom is -0.461 e. The molecule has 0 bridgehead atoms. The van der Waals surface area contributed by atoms with Crippen LogP contribution in [0.5, 0.6) is 0 Å². The molecular formula is C23H19NO2. The molecule has 3 nitrogen and oxygen atoms in total. The second-order valence-corrected chi connectivity index (χ2v) is 6.06. The van der Waals surface area contributed by atoms with Crippen molar-refractivity contribution in [1.82, 2.24) is 4.98 Å². The minimum atomic E-state index is -0.332. The summed E-state index contributed by atoms with van der Waals surface area (Å²) in [6, 6.07) is 26.3. The van der Waals surface area contributed by atoms with Crippen LogP contribution in [0.1, 0.15) is 17.4 Å². The van der Waals surface area contributed by atoms with E-state index in [1.165, 1.54) is 0 Å². The van der Waals surface area contributed by atoms with Crippen molar-refractivity contribution in [2.45, 2.75) is 6.92 Å². The summed E-state index contributed by atoms with van der Waals surface area (Å²) in [6.07, 6.45) is 0. The average molecular weight is 341 g/mol. The molecule has 26 heavy (non-hydrogen) atoms. The molecule has 0 atom stereocenters. The lowest BCUT2D eigenvalue weighted by Gasteiger charge is -2.05. The molecule has 3 aromatic carbocycles. The van der Waals surface area contributed by atoms with E-state index in [0.717, 1.165) is 33.2 Å². The Morgan fingerprint density at radius 3 is 2.15 bits per heavy atom. The second-order valence-electron chi connectivity index (χ2n) is 6.06. The number of carbonyl (C=O) groups excluding carboxylic acids is 1. The number of esters is 1. The van der Waals surface area contributed by atoms with Gasteiger partial charge in [0.1, 0.15) is 5.69 Å². The monoisotopic (exact) mass is 341 g/mol. The summed E-state index contributed by atoms with van der Waals surface area (Å²) >= 11 is 0. The van der Waals surface area contributed by atoms with Crippen LogP contribution in [0.3, 0.4) is 0 Å². The van der Waals surface area contributed by atoms with Gasteiger partial charge in [0.2, 0.25) is 0 Å². The normalized spacial score (nSPS) is 10.8. The third kappa shape index (κ3) is 2.78. The van der Waals surface area contributed by atoms with E-state index in [9.17, 15) is 4.79 Å². The summed E-state index contributed by atoms with van der Waals surface area (Å²) in [5, 5.41) is 1.01. The van der Waals surface area contributed by atoms with Gasteiger partial charge in [-0.3, -0.25) is 0 Å². The van der Waals surface area contributed by atoms with E-state index in [4.69, 9.17) is 4.74 Å². The van der Waals surface area contributed by atoms with Gasteiger partial charge in [-0.25, -0.2) is 4.79 Å². The van der Waals surface area contributed by atoms with Crippen LogP contribution in [0.2, 0.25) is 0 Å². The smallest absolute Gasteiger partial charge is 0.355 e. The molecule has 0 fully saturated rings. The number of carbonyl (C=O) groups is 1. The van der Waals surface area contributed by atoms with E-state index in [1.807, 2.05) is 67.6 Å². The Morgan fingerprint density at radius 1 is 0.846 bits per heavy atom. The molecule has 4 rings (SSSR count). The lowest BCUT2D eigenvalue weighted by atomic mass is 9.98. The number of benzene rings is 3. The lowest BCUT2D eigenvalue weighted by molar-refractivity contribution is 0.0521. The highest BCUT2D eigenvalue weighted by molar-refractivity contribution is 6.11. The van der Waals surface area contributed by atoms with Crippen LogP contribution < -0.4 is 0 Å². The largest absolute Gasteiger partial charge is 0.461 e. The summed E-state index contributed by atoms with van der Waals surface area (Å²) in [5.74, 6) is -0.332. The molecule has 1 aromatic heterocycles. The molecule has 0 unspecified atom stereocenters. The van der Waals surface area contributed by atoms with Gasteiger partial charge >= 0.3 is 5.97 Å². The number of nitrogens with one attached hydrogen (secondary N) is 1. The van der Waals surface area contributed by atoms with Crippen LogP contribution in [-0.2, 0) is 4.74 Å². The van der Waals surface area contributed by atoms with E-state index < -0.39 is 0 Å². The zero-order chi connectivity index (χ0) is 17.9. The fourth-order valence-electron chi connectivity index (χ4n) is 3.34. The Balaban J connectivity index is 2.02. The van der Waals surface area contributed by atoms with Gasteiger partial charge in [-0.05, 0) is 18.1 Å². The SMILES string of the molecule is CCOC(=O)c1[nH]c2c(-c3ccccc3)cccc2c1-c1ccccc1. The van der Waals surface area contributed by atoms with Crippen LogP contribution in [0.4, 0.5) is 0 Å². The van der Waals surface area contributed by atoms with Crippen LogP contribution >= 0.6 is 0 Å². The number of hydrogen-bond donors (Lipinski definition) is 1. The molecule has 1 heterocycles. The predicted octanol–water partition coefficient (Wildman–Crippen LogP) is 5.68. The maximum Gasteiger partial charge on any atom is 0.355 e. The first-order chi connectivity index (χ1) is 12.8. The molecular weight excluding hydrogens is 322 g/mol. The molecule has 128 valence electrons. The van der Waals surface area contributed by atoms with Gasteiger partial charge in [0.15, 0.2) is 0 Å². The quantitative estimate of drug-likeness (QED) is 0.485. The molecule has 1 N–H and O–H groups in total. The number of H-pyrrole nitrogens is 1. The van der Waals surface area contributed by atoms with Crippen LogP contribution in [-0.4, -0.2) is 17.6 Å². The maximum absolute atomic E-state index is 12.6. The molecule has 0 radical (unpaired) electrons. The fraction of sp³-hybridized carbons (Fsp3) is 0.0870. The topological polar surface area (TPSA) is 42.1 Å². The Kier molecular flexibility index (Phi) is 4.28. The third-order valence-electron chi connectivity index (χ3n) is 4.46. The van der Waals surface area contributed by atoms with Crippen LogP contribution in [0, 0.1) is 0 Å². The Hall–Kier alpha value is -3.33. The van der Waals surface area contributed by atoms with Gasteiger partial charge in [0.25, 0.3) is 0 Å². The molecule has 3 heteroatoms. The van der Waals surface area contributed by atoms with Crippen molar-refractivity contribution in [2.24, 2.45) is 0 Å². The highest BCUT2D eigenvalue weighted by Crippen LogP contribution is 2.37. The highest BCUT2D eigenvalue weighted by atomic mass is 16.5. The van der Waals surface area contributed by atoms with Crippen LogP contribution in [0.15, 0.2) is 78.9 Å². The summed E-state index contributed by atoms with van der Waals surface area (Å²) in [5.41, 5.74) is 5.49. The van der Waals surface area contributed by atoms with Crippen molar-refractivity contribution in [3.63, 3.8) is 0 Å². The molecule has 0 saturated heterocycles. The molecule has 4 aromatic rings. The van der Waals surface area contributed by atoms with Crippen molar-refractivity contribution in [1.29, 1.82) is 0 Å². The third-order valence-corrected chi connectivity index (χ3v) is 4.46. The molecule has 0 aliphatic rings. The first kappa shape index (κ1) is 16.2. The highest BCUT2D eigenvalue weighted by Gasteiger charge is 2.21. The lowest BCUT2D eigenvalue weighted by Crippen LogP contribution is -2.06. The van der Waals surface area contributed by atoms with E-state index in [-0.39, 0.29) is 5.97 Å². The maximum atomic E-state index is 12.6. The first-order valence-corrected chi connectivity index (χ1v) is 8.72. The van der Waals surface area contributed by atoms with E-state index in [1.54, 1.807) is 0 Å².